The van der Waals surface area contributed by atoms with Gasteiger partial charge >= 0.3 is 11.9 Å². The minimum Gasteiger partial charge on any atom is -0.481 e. The van der Waals surface area contributed by atoms with Crippen molar-refractivity contribution in [3.8, 4) is 0 Å². The van der Waals surface area contributed by atoms with Crippen LogP contribution in [0.4, 0.5) is 0 Å². The molecule has 27 heavy (non-hydrogen) atoms. The largest absolute Gasteiger partial charge is 0.481 e. The fourth-order valence-electron chi connectivity index (χ4n) is 1.84. The van der Waals surface area contributed by atoms with Gasteiger partial charge in [-0.05, 0) is 32.3 Å². The van der Waals surface area contributed by atoms with Gasteiger partial charge in [-0.2, -0.15) is 11.8 Å². The van der Waals surface area contributed by atoms with E-state index in [-0.39, 0.29) is 6.42 Å². The molecule has 0 fully saturated rings. The lowest BCUT2D eigenvalue weighted by molar-refractivity contribution is -0.141. The normalized spacial score (nSPS) is 15.0. The Balaban J connectivity index is 4.86. The topological polar surface area (TPSA) is 188 Å². The van der Waals surface area contributed by atoms with Crippen LogP contribution in [0.1, 0.15) is 26.7 Å². The molecule has 12 heteroatoms. The first-order chi connectivity index (χ1) is 12.5. The highest BCUT2D eigenvalue weighted by atomic mass is 32.2. The van der Waals surface area contributed by atoms with Gasteiger partial charge < -0.3 is 31.9 Å². The van der Waals surface area contributed by atoms with Gasteiger partial charge in [-0.3, -0.25) is 24.0 Å². The van der Waals surface area contributed by atoms with Crippen molar-refractivity contribution in [2.75, 3.05) is 12.0 Å². The summed E-state index contributed by atoms with van der Waals surface area (Å²) in [5.74, 6) is -4.10. The number of hydrogen-bond acceptors (Lipinski definition) is 7. The number of amides is 3. The summed E-state index contributed by atoms with van der Waals surface area (Å²) >= 11 is 1.44. The molecule has 0 aromatic carbocycles. The number of hydrogen-bond donors (Lipinski definition) is 6. The Hall–Kier alpha value is -2.34. The lowest BCUT2D eigenvalue weighted by Crippen LogP contribution is -2.56. The van der Waals surface area contributed by atoms with Gasteiger partial charge in [-0.25, -0.2) is 0 Å². The van der Waals surface area contributed by atoms with Crippen molar-refractivity contribution in [2.24, 2.45) is 5.73 Å². The summed E-state index contributed by atoms with van der Waals surface area (Å²) in [6.45, 7) is 2.64. The van der Waals surface area contributed by atoms with Gasteiger partial charge in [0.1, 0.15) is 18.1 Å². The smallest absolute Gasteiger partial charge is 0.325 e. The quantitative estimate of drug-likeness (QED) is 0.215. The van der Waals surface area contributed by atoms with Crippen LogP contribution in [0.5, 0.6) is 0 Å². The van der Waals surface area contributed by atoms with Crippen LogP contribution in [0, 0.1) is 0 Å². The molecule has 0 aromatic rings. The van der Waals surface area contributed by atoms with Gasteiger partial charge in [0.15, 0.2) is 0 Å². The van der Waals surface area contributed by atoms with E-state index >= 15 is 0 Å². The van der Waals surface area contributed by atoms with Crippen LogP contribution in [-0.2, 0) is 24.0 Å². The zero-order valence-electron chi connectivity index (χ0n) is 15.4. The third-order valence-electron chi connectivity index (χ3n) is 3.46. The number of nitrogens with one attached hydrogen (secondary N) is 3. The fraction of sp³-hybridized carbons (Fsp3) is 0.667. The Kier molecular flexibility index (Phi) is 11.1. The van der Waals surface area contributed by atoms with E-state index in [0.717, 1.165) is 0 Å². The van der Waals surface area contributed by atoms with Crippen molar-refractivity contribution in [1.82, 2.24) is 16.0 Å². The zero-order valence-corrected chi connectivity index (χ0v) is 16.2. The SMILES string of the molecule is CSCCC(NC(=O)C(C)NC(=O)C(N)CC(=O)O)C(=O)NC(C)C(=O)O. The molecule has 0 radical (unpaired) electrons. The molecule has 4 unspecified atom stereocenters. The molecule has 7 N–H and O–H groups in total. The first-order valence-corrected chi connectivity index (χ1v) is 9.49. The van der Waals surface area contributed by atoms with Crippen molar-refractivity contribution < 1.29 is 34.2 Å². The summed E-state index contributed by atoms with van der Waals surface area (Å²) in [5.41, 5.74) is 5.42. The molecule has 0 spiro atoms. The zero-order chi connectivity index (χ0) is 21.1. The number of rotatable bonds is 12. The van der Waals surface area contributed by atoms with Crippen molar-refractivity contribution in [3.05, 3.63) is 0 Å². The molecule has 154 valence electrons. The van der Waals surface area contributed by atoms with Crippen molar-refractivity contribution in [2.45, 2.75) is 50.9 Å². The van der Waals surface area contributed by atoms with Gasteiger partial charge in [0.25, 0.3) is 0 Å². The Morgan fingerprint density at radius 2 is 1.48 bits per heavy atom. The summed E-state index contributed by atoms with van der Waals surface area (Å²) in [4.78, 5) is 57.6. The number of carbonyl (C=O) groups excluding carboxylic acids is 3. The van der Waals surface area contributed by atoms with Crippen LogP contribution in [-0.4, -0.2) is 76.0 Å². The number of carboxylic acids is 2. The maximum absolute atomic E-state index is 12.2. The minimum absolute atomic E-state index is 0.254. The number of carbonyl (C=O) groups is 5. The van der Waals surface area contributed by atoms with Crippen LogP contribution in [0.25, 0.3) is 0 Å². The van der Waals surface area contributed by atoms with Crippen molar-refractivity contribution >= 4 is 41.4 Å². The van der Waals surface area contributed by atoms with E-state index in [1.165, 1.54) is 25.6 Å². The van der Waals surface area contributed by atoms with Crippen molar-refractivity contribution in [1.29, 1.82) is 0 Å². The molecular formula is C15H26N4O7S. The Labute approximate surface area is 160 Å². The molecule has 0 heterocycles. The molecule has 0 aliphatic heterocycles. The lowest BCUT2D eigenvalue weighted by Gasteiger charge is -2.22. The van der Waals surface area contributed by atoms with Gasteiger partial charge in [-0.1, -0.05) is 0 Å². The van der Waals surface area contributed by atoms with Crippen LogP contribution >= 0.6 is 11.8 Å². The molecule has 0 aliphatic carbocycles. The predicted molar refractivity (Wildman–Crippen MR) is 98.0 cm³/mol. The number of carboxylic acid groups (broad SMARTS) is 2. The average Bonchev–Trinajstić information content (AvgIpc) is 2.57. The van der Waals surface area contributed by atoms with Crippen LogP contribution in [0.2, 0.25) is 0 Å². The van der Waals surface area contributed by atoms with Gasteiger partial charge in [0.05, 0.1) is 12.5 Å². The molecule has 0 bridgehead atoms. The number of aliphatic carboxylic acids is 2. The minimum atomic E-state index is -1.32. The molecule has 0 rings (SSSR count). The van der Waals surface area contributed by atoms with Gasteiger partial charge in [0.2, 0.25) is 17.7 Å². The van der Waals surface area contributed by atoms with E-state index in [9.17, 15) is 24.0 Å². The molecule has 0 saturated heterocycles. The van der Waals surface area contributed by atoms with E-state index < -0.39 is 60.2 Å². The van der Waals surface area contributed by atoms with E-state index in [0.29, 0.717) is 5.75 Å². The summed E-state index contributed by atoms with van der Waals surface area (Å²) < 4.78 is 0. The van der Waals surface area contributed by atoms with Crippen LogP contribution < -0.4 is 21.7 Å². The number of nitrogens with two attached hydrogens (primary N) is 1. The molecular weight excluding hydrogens is 380 g/mol. The summed E-state index contributed by atoms with van der Waals surface area (Å²) in [6, 6.07) is -4.50. The second-order valence-electron chi connectivity index (χ2n) is 5.85. The van der Waals surface area contributed by atoms with Gasteiger partial charge in [-0.15, -0.1) is 0 Å². The van der Waals surface area contributed by atoms with E-state index in [4.69, 9.17) is 15.9 Å². The maximum atomic E-state index is 12.2. The highest BCUT2D eigenvalue weighted by Crippen LogP contribution is 2.03. The van der Waals surface area contributed by atoms with E-state index in [1.54, 1.807) is 0 Å². The maximum Gasteiger partial charge on any atom is 0.325 e. The van der Waals surface area contributed by atoms with Crippen molar-refractivity contribution in [3.63, 3.8) is 0 Å². The first-order valence-electron chi connectivity index (χ1n) is 8.09. The molecule has 4 atom stereocenters. The highest BCUT2D eigenvalue weighted by Gasteiger charge is 2.27. The van der Waals surface area contributed by atoms with E-state index in [1.807, 2.05) is 6.26 Å². The summed E-state index contributed by atoms with van der Waals surface area (Å²) in [6.07, 6.45) is 1.47. The average molecular weight is 406 g/mol. The predicted octanol–water partition coefficient (Wildman–Crippen LogP) is -1.88. The second-order valence-corrected chi connectivity index (χ2v) is 6.83. The first kappa shape index (κ1) is 24.7. The van der Waals surface area contributed by atoms with Gasteiger partial charge in [0, 0.05) is 0 Å². The molecule has 11 nitrogen and oxygen atoms in total. The third kappa shape index (κ3) is 9.80. The molecule has 0 aromatic heterocycles. The van der Waals surface area contributed by atoms with E-state index in [2.05, 4.69) is 16.0 Å². The standard InChI is InChI=1S/C15H26N4O7S/c1-7(17-13(23)9(16)6-11(20)21)12(22)19-10(4-5-27-3)14(24)18-8(2)15(25)26/h7-10H,4-6,16H2,1-3H3,(H,17,23)(H,18,24)(H,19,22)(H,20,21)(H,25,26). The fourth-order valence-corrected chi connectivity index (χ4v) is 2.32. The Bertz CT molecular complexity index is 572. The highest BCUT2D eigenvalue weighted by molar-refractivity contribution is 7.98. The van der Waals surface area contributed by atoms with Crippen LogP contribution in [0.3, 0.4) is 0 Å². The molecule has 3 amide bonds. The lowest BCUT2D eigenvalue weighted by atomic mass is 10.1. The third-order valence-corrected chi connectivity index (χ3v) is 4.10. The molecule has 0 saturated carbocycles. The second kappa shape index (κ2) is 12.1. The monoisotopic (exact) mass is 406 g/mol. The molecule has 0 aliphatic rings. The Morgan fingerprint density at radius 1 is 0.926 bits per heavy atom. The summed E-state index contributed by atoms with van der Waals surface area (Å²) in [7, 11) is 0. The Morgan fingerprint density at radius 3 is 1.96 bits per heavy atom. The van der Waals surface area contributed by atoms with Crippen LogP contribution in [0.15, 0.2) is 0 Å². The number of thioether (sulfide) groups is 1. The summed E-state index contributed by atoms with van der Waals surface area (Å²) in [5, 5.41) is 24.5.